The highest BCUT2D eigenvalue weighted by atomic mass is 32.2. The van der Waals surface area contributed by atoms with E-state index < -0.39 is 0 Å². The normalized spacial score (nSPS) is 12.7. The van der Waals surface area contributed by atoms with Gasteiger partial charge >= 0.3 is 0 Å². The van der Waals surface area contributed by atoms with Crippen LogP contribution >= 0.6 is 11.8 Å². The second-order valence-electron chi connectivity index (χ2n) is 6.24. The third kappa shape index (κ3) is 4.60. The Morgan fingerprint density at radius 1 is 1.14 bits per heavy atom. The van der Waals surface area contributed by atoms with Crippen molar-refractivity contribution < 1.29 is 4.79 Å². The molecule has 1 amide bonds. The summed E-state index contributed by atoms with van der Waals surface area (Å²) in [5, 5.41) is 3.61. The number of carbonyl (C=O) groups is 1. The van der Waals surface area contributed by atoms with Gasteiger partial charge < -0.3 is 5.32 Å². The summed E-state index contributed by atoms with van der Waals surface area (Å²) < 4.78 is 0. The molecule has 2 aromatic rings. The summed E-state index contributed by atoms with van der Waals surface area (Å²) in [7, 11) is 0. The van der Waals surface area contributed by atoms with E-state index in [1.54, 1.807) is 6.20 Å². The lowest BCUT2D eigenvalue weighted by molar-refractivity contribution is -0.115. The predicted octanol–water partition coefficient (Wildman–Crippen LogP) is 4.50. The fraction of sp³-hybridized carbons (Fsp3) is 0.333. The average molecular weight is 314 g/mol. The number of aromatic nitrogens is 1. The van der Waals surface area contributed by atoms with E-state index >= 15 is 0 Å². The number of rotatable bonds is 4. The second kappa shape index (κ2) is 6.97. The van der Waals surface area contributed by atoms with Crippen LogP contribution < -0.4 is 5.32 Å². The number of benzene rings is 1. The molecule has 0 aliphatic rings. The Bertz CT molecular complexity index is 618. The molecular formula is C18H22N2OS. The Labute approximate surface area is 136 Å². The summed E-state index contributed by atoms with van der Waals surface area (Å²) in [4.78, 5) is 16.5. The van der Waals surface area contributed by atoms with Crippen LogP contribution in [-0.2, 0) is 10.2 Å². The van der Waals surface area contributed by atoms with Gasteiger partial charge in [-0.05, 0) is 42.2 Å². The van der Waals surface area contributed by atoms with Gasteiger partial charge in [0.25, 0.3) is 0 Å². The smallest absolute Gasteiger partial charge is 0.237 e. The summed E-state index contributed by atoms with van der Waals surface area (Å²) in [6, 6.07) is 13.7. The molecule has 0 saturated heterocycles. The van der Waals surface area contributed by atoms with Gasteiger partial charge in [-0.25, -0.2) is 4.98 Å². The fourth-order valence-electron chi connectivity index (χ4n) is 1.95. The molecule has 1 aromatic carbocycles. The van der Waals surface area contributed by atoms with Crippen molar-refractivity contribution in [1.29, 1.82) is 0 Å². The SMILES string of the molecule is C[C@H](Sc1ccccn1)C(=O)Nc1ccc(C(C)(C)C)cc1. The van der Waals surface area contributed by atoms with E-state index in [-0.39, 0.29) is 16.6 Å². The molecule has 1 atom stereocenters. The van der Waals surface area contributed by atoms with Gasteiger partial charge in [-0.1, -0.05) is 50.7 Å². The molecule has 1 N–H and O–H groups in total. The maximum Gasteiger partial charge on any atom is 0.237 e. The Hall–Kier alpha value is -1.81. The number of hydrogen-bond acceptors (Lipinski definition) is 3. The number of nitrogens with zero attached hydrogens (tertiary/aromatic N) is 1. The number of anilines is 1. The van der Waals surface area contributed by atoms with Crippen LogP contribution in [0.1, 0.15) is 33.3 Å². The van der Waals surface area contributed by atoms with Crippen LogP contribution in [0.3, 0.4) is 0 Å². The van der Waals surface area contributed by atoms with Crippen molar-refractivity contribution in [2.24, 2.45) is 0 Å². The summed E-state index contributed by atoms with van der Waals surface area (Å²) in [5.41, 5.74) is 2.19. The van der Waals surface area contributed by atoms with Crippen LogP contribution in [0.15, 0.2) is 53.7 Å². The molecule has 0 aliphatic heterocycles. The molecule has 2 rings (SSSR count). The predicted molar refractivity (Wildman–Crippen MR) is 93.3 cm³/mol. The molecule has 0 saturated carbocycles. The molecule has 0 fully saturated rings. The van der Waals surface area contributed by atoms with Crippen molar-refractivity contribution in [3.05, 3.63) is 54.2 Å². The van der Waals surface area contributed by atoms with E-state index in [1.807, 2.05) is 37.3 Å². The quantitative estimate of drug-likeness (QED) is 0.845. The summed E-state index contributed by atoms with van der Waals surface area (Å²) in [6.07, 6.45) is 1.73. The van der Waals surface area contributed by atoms with Crippen molar-refractivity contribution in [1.82, 2.24) is 4.98 Å². The number of thioether (sulfide) groups is 1. The zero-order valence-corrected chi connectivity index (χ0v) is 14.3. The highest BCUT2D eigenvalue weighted by Crippen LogP contribution is 2.25. The Balaban J connectivity index is 1.96. The Morgan fingerprint density at radius 2 is 1.82 bits per heavy atom. The second-order valence-corrected chi connectivity index (χ2v) is 7.61. The molecular weight excluding hydrogens is 292 g/mol. The molecule has 0 aliphatic carbocycles. The van der Waals surface area contributed by atoms with Crippen LogP contribution in [0, 0.1) is 0 Å². The third-order valence-corrected chi connectivity index (χ3v) is 4.37. The fourth-order valence-corrected chi connectivity index (χ4v) is 2.76. The third-order valence-electron chi connectivity index (χ3n) is 3.32. The minimum absolute atomic E-state index is 0.0147. The topological polar surface area (TPSA) is 42.0 Å². The molecule has 3 nitrogen and oxygen atoms in total. The number of carbonyl (C=O) groups excluding carboxylic acids is 1. The molecule has 116 valence electrons. The van der Waals surface area contributed by atoms with Gasteiger partial charge in [0.2, 0.25) is 5.91 Å². The van der Waals surface area contributed by atoms with Crippen LogP contribution in [0.25, 0.3) is 0 Å². The van der Waals surface area contributed by atoms with E-state index in [2.05, 4.69) is 43.2 Å². The minimum atomic E-state index is -0.197. The highest BCUT2D eigenvalue weighted by Gasteiger charge is 2.16. The van der Waals surface area contributed by atoms with Crippen LogP contribution in [0.5, 0.6) is 0 Å². The van der Waals surface area contributed by atoms with Gasteiger partial charge in [-0.2, -0.15) is 0 Å². The number of nitrogens with one attached hydrogen (secondary N) is 1. The van der Waals surface area contributed by atoms with E-state index in [1.165, 1.54) is 17.3 Å². The van der Waals surface area contributed by atoms with Gasteiger partial charge in [-0.3, -0.25) is 4.79 Å². The zero-order valence-electron chi connectivity index (χ0n) is 13.5. The van der Waals surface area contributed by atoms with Gasteiger partial charge in [0.15, 0.2) is 0 Å². The standard InChI is InChI=1S/C18H22N2OS/c1-13(22-16-7-5-6-12-19-16)17(21)20-15-10-8-14(9-11-15)18(2,3)4/h5-13H,1-4H3,(H,20,21)/t13-/m0/s1. The average Bonchev–Trinajstić information content (AvgIpc) is 2.48. The molecule has 1 aromatic heterocycles. The van der Waals surface area contributed by atoms with Gasteiger partial charge in [0.1, 0.15) is 0 Å². The van der Waals surface area contributed by atoms with E-state index in [0.717, 1.165) is 10.7 Å². The van der Waals surface area contributed by atoms with Crippen LogP contribution in [-0.4, -0.2) is 16.1 Å². The maximum atomic E-state index is 12.2. The summed E-state index contributed by atoms with van der Waals surface area (Å²) in [6.45, 7) is 8.41. The lowest BCUT2D eigenvalue weighted by Gasteiger charge is -2.19. The van der Waals surface area contributed by atoms with Gasteiger partial charge in [0, 0.05) is 11.9 Å². The Morgan fingerprint density at radius 3 is 2.36 bits per heavy atom. The number of amides is 1. The van der Waals surface area contributed by atoms with Crippen LogP contribution in [0.2, 0.25) is 0 Å². The van der Waals surface area contributed by atoms with Crippen molar-refractivity contribution >= 4 is 23.4 Å². The molecule has 0 radical (unpaired) electrons. The maximum absolute atomic E-state index is 12.2. The molecule has 4 heteroatoms. The Kier molecular flexibility index (Phi) is 5.24. The van der Waals surface area contributed by atoms with Crippen molar-refractivity contribution in [2.45, 2.75) is 43.4 Å². The minimum Gasteiger partial charge on any atom is -0.325 e. The van der Waals surface area contributed by atoms with Crippen molar-refractivity contribution in [3.8, 4) is 0 Å². The first-order chi connectivity index (χ1) is 10.4. The monoisotopic (exact) mass is 314 g/mol. The lowest BCUT2D eigenvalue weighted by Crippen LogP contribution is -2.22. The molecule has 0 spiro atoms. The first-order valence-electron chi connectivity index (χ1n) is 7.35. The summed E-state index contributed by atoms with van der Waals surface area (Å²) >= 11 is 1.46. The first-order valence-corrected chi connectivity index (χ1v) is 8.23. The van der Waals surface area contributed by atoms with Crippen molar-refractivity contribution in [2.75, 3.05) is 5.32 Å². The lowest BCUT2D eigenvalue weighted by atomic mass is 9.87. The molecule has 1 heterocycles. The molecule has 0 bridgehead atoms. The van der Waals surface area contributed by atoms with Gasteiger partial charge in [0.05, 0.1) is 10.3 Å². The first kappa shape index (κ1) is 16.6. The highest BCUT2D eigenvalue weighted by molar-refractivity contribution is 8.00. The van der Waals surface area contributed by atoms with E-state index in [4.69, 9.17) is 0 Å². The van der Waals surface area contributed by atoms with Crippen LogP contribution in [0.4, 0.5) is 5.69 Å². The molecule has 22 heavy (non-hydrogen) atoms. The number of pyridine rings is 1. The molecule has 0 unspecified atom stereocenters. The largest absolute Gasteiger partial charge is 0.325 e. The zero-order chi connectivity index (χ0) is 16.2. The van der Waals surface area contributed by atoms with Gasteiger partial charge in [-0.15, -0.1) is 0 Å². The van der Waals surface area contributed by atoms with Crippen molar-refractivity contribution in [3.63, 3.8) is 0 Å². The number of hydrogen-bond donors (Lipinski definition) is 1. The van der Waals surface area contributed by atoms with E-state index in [9.17, 15) is 4.79 Å². The summed E-state index contributed by atoms with van der Waals surface area (Å²) in [5.74, 6) is -0.0147. The van der Waals surface area contributed by atoms with E-state index in [0.29, 0.717) is 0 Å².